The van der Waals surface area contributed by atoms with E-state index in [9.17, 15) is 0 Å². The van der Waals surface area contributed by atoms with Crippen molar-refractivity contribution in [3.63, 3.8) is 0 Å². The van der Waals surface area contributed by atoms with Gasteiger partial charge in [0.15, 0.2) is 0 Å². The van der Waals surface area contributed by atoms with Crippen molar-refractivity contribution in [1.82, 2.24) is 15.1 Å². The van der Waals surface area contributed by atoms with Gasteiger partial charge in [-0.3, -0.25) is 4.68 Å². The summed E-state index contributed by atoms with van der Waals surface area (Å²) in [7, 11) is 0. The summed E-state index contributed by atoms with van der Waals surface area (Å²) in [5.74, 6) is 1.47. The lowest BCUT2D eigenvalue weighted by molar-refractivity contribution is 0.362. The van der Waals surface area contributed by atoms with E-state index in [1.807, 2.05) is 6.20 Å². The Morgan fingerprint density at radius 1 is 1.56 bits per heavy atom. The predicted octanol–water partition coefficient (Wildman–Crippen LogP) is 2.08. The van der Waals surface area contributed by atoms with Gasteiger partial charge in [-0.05, 0) is 50.3 Å². The molecular formula is C13H23N3. The van der Waals surface area contributed by atoms with E-state index in [2.05, 4.69) is 35.0 Å². The number of rotatable bonds is 4. The van der Waals surface area contributed by atoms with Crippen molar-refractivity contribution in [2.75, 3.05) is 13.1 Å². The molecule has 0 aliphatic carbocycles. The van der Waals surface area contributed by atoms with Crippen molar-refractivity contribution in [3.05, 3.63) is 18.0 Å². The number of piperidine rings is 1. The van der Waals surface area contributed by atoms with Crippen LogP contribution in [-0.2, 0) is 13.0 Å². The third-order valence-electron chi connectivity index (χ3n) is 3.24. The number of hydrogen-bond donors (Lipinski definition) is 1. The molecular weight excluding hydrogens is 198 g/mol. The molecule has 3 nitrogen and oxygen atoms in total. The van der Waals surface area contributed by atoms with Crippen LogP contribution in [0.5, 0.6) is 0 Å². The summed E-state index contributed by atoms with van der Waals surface area (Å²) in [6.45, 7) is 7.90. The Labute approximate surface area is 98.2 Å². The monoisotopic (exact) mass is 221 g/mol. The van der Waals surface area contributed by atoms with Gasteiger partial charge in [0.1, 0.15) is 0 Å². The van der Waals surface area contributed by atoms with Crippen molar-refractivity contribution in [1.29, 1.82) is 0 Å². The Balaban J connectivity index is 1.94. The van der Waals surface area contributed by atoms with Crippen LogP contribution in [0.15, 0.2) is 12.3 Å². The standard InChI is InChI=1S/C13H23N3/c1-11(2)10-16-13(5-7-15-16)8-12-4-3-6-14-9-12/h5,7,11-12,14H,3-4,6,8-10H2,1-2H3. The number of hydrogen-bond acceptors (Lipinski definition) is 2. The molecule has 0 amide bonds. The van der Waals surface area contributed by atoms with Gasteiger partial charge in [-0.1, -0.05) is 13.8 Å². The highest BCUT2D eigenvalue weighted by atomic mass is 15.3. The Kier molecular flexibility index (Phi) is 3.99. The van der Waals surface area contributed by atoms with Crippen LogP contribution in [0.3, 0.4) is 0 Å². The Hall–Kier alpha value is -0.830. The Bertz CT molecular complexity index is 311. The van der Waals surface area contributed by atoms with Crippen LogP contribution < -0.4 is 5.32 Å². The zero-order valence-electron chi connectivity index (χ0n) is 10.4. The average molecular weight is 221 g/mol. The zero-order chi connectivity index (χ0) is 11.4. The van der Waals surface area contributed by atoms with Crippen molar-refractivity contribution in [3.8, 4) is 0 Å². The lowest BCUT2D eigenvalue weighted by atomic mass is 9.94. The maximum Gasteiger partial charge on any atom is 0.0492 e. The van der Waals surface area contributed by atoms with Crippen molar-refractivity contribution < 1.29 is 0 Å². The normalized spacial score (nSPS) is 21.6. The topological polar surface area (TPSA) is 29.9 Å². The molecule has 1 aliphatic rings. The van der Waals surface area contributed by atoms with Gasteiger partial charge in [-0.25, -0.2) is 0 Å². The van der Waals surface area contributed by atoms with E-state index in [4.69, 9.17) is 0 Å². The van der Waals surface area contributed by atoms with Gasteiger partial charge in [-0.15, -0.1) is 0 Å². The predicted molar refractivity (Wildman–Crippen MR) is 66.4 cm³/mol. The first kappa shape index (κ1) is 11.6. The van der Waals surface area contributed by atoms with Crippen molar-refractivity contribution >= 4 is 0 Å². The van der Waals surface area contributed by atoms with Gasteiger partial charge in [0, 0.05) is 18.4 Å². The molecule has 1 atom stereocenters. The van der Waals surface area contributed by atoms with Gasteiger partial charge >= 0.3 is 0 Å². The molecule has 1 unspecified atom stereocenters. The average Bonchev–Trinajstić information content (AvgIpc) is 2.66. The summed E-state index contributed by atoms with van der Waals surface area (Å²) in [6, 6.07) is 2.18. The maximum absolute atomic E-state index is 4.42. The van der Waals surface area contributed by atoms with E-state index in [0.717, 1.165) is 12.5 Å². The van der Waals surface area contributed by atoms with Crippen LogP contribution >= 0.6 is 0 Å². The highest BCUT2D eigenvalue weighted by molar-refractivity contribution is 5.02. The largest absolute Gasteiger partial charge is 0.316 e. The summed E-state index contributed by atoms with van der Waals surface area (Å²) in [6.07, 6.45) is 5.80. The first-order chi connectivity index (χ1) is 7.75. The van der Waals surface area contributed by atoms with Gasteiger partial charge in [0.05, 0.1) is 0 Å². The molecule has 1 aromatic heterocycles. The summed E-state index contributed by atoms with van der Waals surface area (Å²) < 4.78 is 2.18. The van der Waals surface area contributed by atoms with Crippen molar-refractivity contribution in [2.45, 2.75) is 39.7 Å². The molecule has 1 aromatic rings. The second-order valence-corrected chi connectivity index (χ2v) is 5.32. The van der Waals surface area contributed by atoms with Crippen LogP contribution in [0.25, 0.3) is 0 Å². The first-order valence-electron chi connectivity index (χ1n) is 6.47. The third-order valence-corrected chi connectivity index (χ3v) is 3.24. The molecule has 1 fully saturated rings. The summed E-state index contributed by atoms with van der Waals surface area (Å²) in [5.41, 5.74) is 1.41. The maximum atomic E-state index is 4.42. The molecule has 0 radical (unpaired) electrons. The molecule has 1 N–H and O–H groups in total. The van der Waals surface area contributed by atoms with Crippen LogP contribution in [0.1, 0.15) is 32.4 Å². The molecule has 0 spiro atoms. The number of aromatic nitrogens is 2. The van der Waals surface area contributed by atoms with Crippen LogP contribution in [-0.4, -0.2) is 22.9 Å². The highest BCUT2D eigenvalue weighted by Crippen LogP contribution is 2.16. The summed E-state index contributed by atoms with van der Waals surface area (Å²) >= 11 is 0. The molecule has 90 valence electrons. The summed E-state index contributed by atoms with van der Waals surface area (Å²) in [5, 5.41) is 7.90. The summed E-state index contributed by atoms with van der Waals surface area (Å²) in [4.78, 5) is 0. The van der Waals surface area contributed by atoms with Gasteiger partial charge < -0.3 is 5.32 Å². The number of nitrogens with one attached hydrogen (secondary N) is 1. The molecule has 2 rings (SSSR count). The van der Waals surface area contributed by atoms with Gasteiger partial charge in [0.2, 0.25) is 0 Å². The molecule has 0 bridgehead atoms. The van der Waals surface area contributed by atoms with Crippen molar-refractivity contribution in [2.24, 2.45) is 11.8 Å². The third kappa shape index (κ3) is 3.08. The van der Waals surface area contributed by atoms with E-state index in [1.54, 1.807) is 0 Å². The number of nitrogens with zero attached hydrogens (tertiary/aromatic N) is 2. The zero-order valence-corrected chi connectivity index (χ0v) is 10.4. The molecule has 1 aliphatic heterocycles. The fraction of sp³-hybridized carbons (Fsp3) is 0.769. The fourth-order valence-corrected chi connectivity index (χ4v) is 2.44. The highest BCUT2D eigenvalue weighted by Gasteiger charge is 2.15. The van der Waals surface area contributed by atoms with E-state index in [0.29, 0.717) is 5.92 Å². The minimum absolute atomic E-state index is 0.670. The van der Waals surface area contributed by atoms with E-state index in [-0.39, 0.29) is 0 Å². The fourth-order valence-electron chi connectivity index (χ4n) is 2.44. The molecule has 3 heteroatoms. The SMILES string of the molecule is CC(C)Cn1nccc1CC1CCCNC1. The van der Waals surface area contributed by atoms with E-state index >= 15 is 0 Å². The second kappa shape index (κ2) is 5.48. The smallest absolute Gasteiger partial charge is 0.0492 e. The minimum Gasteiger partial charge on any atom is -0.316 e. The molecule has 0 saturated carbocycles. The second-order valence-electron chi connectivity index (χ2n) is 5.32. The van der Waals surface area contributed by atoms with Crippen LogP contribution in [0.2, 0.25) is 0 Å². The Morgan fingerprint density at radius 3 is 3.12 bits per heavy atom. The first-order valence-corrected chi connectivity index (χ1v) is 6.47. The lowest BCUT2D eigenvalue weighted by Gasteiger charge is -2.23. The molecule has 16 heavy (non-hydrogen) atoms. The molecule has 2 heterocycles. The Morgan fingerprint density at radius 2 is 2.44 bits per heavy atom. The van der Waals surface area contributed by atoms with E-state index in [1.165, 1.54) is 38.0 Å². The minimum atomic E-state index is 0.670. The molecule has 0 aromatic carbocycles. The lowest BCUT2D eigenvalue weighted by Crippen LogP contribution is -2.31. The van der Waals surface area contributed by atoms with Gasteiger partial charge in [-0.2, -0.15) is 5.10 Å². The van der Waals surface area contributed by atoms with Crippen LogP contribution in [0.4, 0.5) is 0 Å². The van der Waals surface area contributed by atoms with Crippen LogP contribution in [0, 0.1) is 11.8 Å². The van der Waals surface area contributed by atoms with Gasteiger partial charge in [0.25, 0.3) is 0 Å². The van der Waals surface area contributed by atoms with E-state index < -0.39 is 0 Å². The quantitative estimate of drug-likeness (QED) is 0.843. The molecule has 1 saturated heterocycles.